The highest BCUT2D eigenvalue weighted by Gasteiger charge is 2.25. The van der Waals surface area contributed by atoms with Gasteiger partial charge in [0.1, 0.15) is 5.75 Å². The second kappa shape index (κ2) is 12.8. The Morgan fingerprint density at radius 2 is 1.93 bits per heavy atom. The summed E-state index contributed by atoms with van der Waals surface area (Å²) >= 11 is 0. The fraction of sp³-hybridized carbons (Fsp3) is 0.409. The molecule has 3 rings (SSSR count). The van der Waals surface area contributed by atoms with Crippen molar-refractivity contribution in [3.05, 3.63) is 54.6 Å². The van der Waals surface area contributed by atoms with E-state index in [-0.39, 0.29) is 24.0 Å². The molecule has 2 aromatic carbocycles. The molecule has 164 valence electrons. The first-order chi connectivity index (χ1) is 14.2. The molecule has 30 heavy (non-hydrogen) atoms. The summed E-state index contributed by atoms with van der Waals surface area (Å²) in [7, 11) is 0.681. The van der Waals surface area contributed by atoms with Gasteiger partial charge in [-0.1, -0.05) is 30.3 Å². The quantitative estimate of drug-likeness (QED) is 0.305. The van der Waals surface area contributed by atoms with Crippen molar-refractivity contribution in [1.82, 2.24) is 10.6 Å². The fourth-order valence-corrected chi connectivity index (χ4v) is 4.39. The Balaban J connectivity index is 0.00000320. The van der Waals surface area contributed by atoms with Gasteiger partial charge in [-0.25, -0.2) is 0 Å². The topological polar surface area (TPSA) is 66.0 Å². The van der Waals surface area contributed by atoms with Crippen LogP contribution in [-0.4, -0.2) is 55.3 Å². The van der Waals surface area contributed by atoms with Gasteiger partial charge in [0.05, 0.1) is 30.1 Å². The maximum absolute atomic E-state index is 12.4. The van der Waals surface area contributed by atoms with Crippen LogP contribution in [0.1, 0.15) is 13.3 Å². The molecule has 2 N–H and O–H groups in total. The van der Waals surface area contributed by atoms with Crippen LogP contribution in [0.4, 0.5) is 5.69 Å². The van der Waals surface area contributed by atoms with E-state index in [0.717, 1.165) is 48.3 Å². The number of para-hydroxylation sites is 2. The molecule has 2 atom stereocenters. The maximum Gasteiger partial charge on any atom is 0.191 e. The minimum atomic E-state index is -1.03. The zero-order chi connectivity index (χ0) is 20.5. The second-order valence-corrected chi connectivity index (χ2v) is 8.44. The summed E-state index contributed by atoms with van der Waals surface area (Å²) in [5.74, 6) is 2.19. The number of nitrogens with one attached hydrogen (secondary N) is 2. The lowest BCUT2D eigenvalue weighted by Crippen LogP contribution is -2.44. The molecule has 2 aromatic rings. The number of rotatable bonds is 8. The number of hydrogen-bond acceptors (Lipinski definition) is 4. The van der Waals surface area contributed by atoms with E-state index < -0.39 is 10.8 Å². The summed E-state index contributed by atoms with van der Waals surface area (Å²) in [5, 5.41) is 6.82. The first kappa shape index (κ1) is 24.5. The molecule has 8 heteroatoms. The van der Waals surface area contributed by atoms with Gasteiger partial charge in [-0.05, 0) is 37.6 Å². The molecule has 0 aromatic heterocycles. The molecular formula is C22H31IN4O2S. The molecule has 0 aliphatic carbocycles. The summed E-state index contributed by atoms with van der Waals surface area (Å²) in [6.45, 7) is 5.21. The van der Waals surface area contributed by atoms with Gasteiger partial charge in [-0.15, -0.1) is 24.0 Å². The van der Waals surface area contributed by atoms with E-state index in [1.807, 2.05) is 48.5 Å². The summed E-state index contributed by atoms with van der Waals surface area (Å²) in [4.78, 5) is 7.82. The first-order valence-corrected chi connectivity index (χ1v) is 11.4. The molecule has 0 spiro atoms. The predicted molar refractivity (Wildman–Crippen MR) is 136 cm³/mol. The number of methoxy groups -OCH3 is 1. The number of guanidine groups is 1. The van der Waals surface area contributed by atoms with E-state index in [1.54, 1.807) is 7.11 Å². The lowest BCUT2D eigenvalue weighted by Gasteiger charge is -2.22. The summed E-state index contributed by atoms with van der Waals surface area (Å²) < 4.78 is 17.9. The minimum Gasteiger partial charge on any atom is -0.495 e. The lowest BCUT2D eigenvalue weighted by molar-refractivity contribution is 0.415. The van der Waals surface area contributed by atoms with Crippen molar-refractivity contribution in [2.75, 3.05) is 43.9 Å². The Morgan fingerprint density at radius 1 is 1.20 bits per heavy atom. The van der Waals surface area contributed by atoms with Gasteiger partial charge in [0.2, 0.25) is 0 Å². The molecule has 6 nitrogen and oxygen atoms in total. The molecule has 1 heterocycles. The standard InChI is InChI=1S/C22H30N4O2S.HI/c1-3-23-22(24-14-16-29(27)19-9-5-4-6-10-19)25-18-13-15-26(17-18)20-11-7-8-12-21(20)28-2;/h4-12,18H,3,13-17H2,1-2H3,(H2,23,24,25);1H. The zero-order valence-corrected chi connectivity index (χ0v) is 20.7. The molecular weight excluding hydrogens is 511 g/mol. The highest BCUT2D eigenvalue weighted by Crippen LogP contribution is 2.30. The number of aliphatic imine (C=N–C) groups is 1. The Labute approximate surface area is 199 Å². The highest BCUT2D eigenvalue weighted by atomic mass is 127. The Morgan fingerprint density at radius 3 is 2.67 bits per heavy atom. The smallest absolute Gasteiger partial charge is 0.191 e. The second-order valence-electron chi connectivity index (χ2n) is 6.87. The van der Waals surface area contributed by atoms with Crippen LogP contribution in [0, 0.1) is 0 Å². The van der Waals surface area contributed by atoms with Crippen molar-refractivity contribution < 1.29 is 8.95 Å². The number of halogens is 1. The van der Waals surface area contributed by atoms with Crippen molar-refractivity contribution in [3.63, 3.8) is 0 Å². The summed E-state index contributed by atoms with van der Waals surface area (Å²) in [5.41, 5.74) is 1.12. The normalized spacial score (nSPS) is 17.2. The fourth-order valence-electron chi connectivity index (χ4n) is 3.43. The summed E-state index contributed by atoms with van der Waals surface area (Å²) in [6.07, 6.45) is 1.03. The maximum atomic E-state index is 12.4. The number of anilines is 1. The Bertz CT molecular complexity index is 835. The number of hydrogen-bond donors (Lipinski definition) is 2. The third-order valence-electron chi connectivity index (χ3n) is 4.85. The van der Waals surface area contributed by atoms with E-state index in [9.17, 15) is 4.21 Å². The van der Waals surface area contributed by atoms with Crippen LogP contribution in [0.5, 0.6) is 5.75 Å². The molecule has 2 unspecified atom stereocenters. The minimum absolute atomic E-state index is 0. The van der Waals surface area contributed by atoms with Crippen LogP contribution in [0.3, 0.4) is 0 Å². The molecule has 0 amide bonds. The Hall–Kier alpha value is -1.81. The van der Waals surface area contributed by atoms with E-state index in [0.29, 0.717) is 18.3 Å². The monoisotopic (exact) mass is 542 g/mol. The van der Waals surface area contributed by atoms with Gasteiger partial charge < -0.3 is 20.3 Å². The predicted octanol–water partition coefficient (Wildman–Crippen LogP) is 3.25. The SMILES string of the molecule is CCNC(=NCCS(=O)c1ccccc1)NC1CCN(c2ccccc2OC)C1.I. The van der Waals surface area contributed by atoms with Gasteiger partial charge in [-0.2, -0.15) is 0 Å². The van der Waals surface area contributed by atoms with Crippen LogP contribution in [0.25, 0.3) is 0 Å². The molecule has 0 radical (unpaired) electrons. The third-order valence-corrected chi connectivity index (χ3v) is 6.20. The van der Waals surface area contributed by atoms with Crippen LogP contribution >= 0.6 is 24.0 Å². The van der Waals surface area contributed by atoms with E-state index in [2.05, 4.69) is 33.5 Å². The van der Waals surface area contributed by atoms with Crippen LogP contribution in [-0.2, 0) is 10.8 Å². The van der Waals surface area contributed by atoms with Crippen molar-refractivity contribution in [2.24, 2.45) is 4.99 Å². The van der Waals surface area contributed by atoms with E-state index in [4.69, 9.17) is 4.74 Å². The van der Waals surface area contributed by atoms with E-state index >= 15 is 0 Å². The van der Waals surface area contributed by atoms with Crippen LogP contribution in [0.15, 0.2) is 64.5 Å². The van der Waals surface area contributed by atoms with Gasteiger partial charge >= 0.3 is 0 Å². The number of nitrogens with zero attached hydrogens (tertiary/aromatic N) is 2. The largest absolute Gasteiger partial charge is 0.495 e. The lowest BCUT2D eigenvalue weighted by atomic mass is 10.2. The average molecular weight is 542 g/mol. The number of ether oxygens (including phenoxy) is 1. The van der Waals surface area contributed by atoms with Gasteiger partial charge in [-0.3, -0.25) is 9.20 Å². The average Bonchev–Trinajstić information content (AvgIpc) is 3.22. The molecule has 1 aliphatic rings. The van der Waals surface area contributed by atoms with Crippen molar-refractivity contribution in [3.8, 4) is 5.75 Å². The molecule has 0 bridgehead atoms. The first-order valence-electron chi connectivity index (χ1n) is 10.1. The van der Waals surface area contributed by atoms with Gasteiger partial charge in [0.15, 0.2) is 5.96 Å². The van der Waals surface area contributed by atoms with Crippen molar-refractivity contribution in [2.45, 2.75) is 24.3 Å². The van der Waals surface area contributed by atoms with Gasteiger partial charge in [0, 0.05) is 36.3 Å². The number of benzene rings is 2. The van der Waals surface area contributed by atoms with Crippen molar-refractivity contribution in [1.29, 1.82) is 0 Å². The highest BCUT2D eigenvalue weighted by molar-refractivity contribution is 14.0. The third kappa shape index (κ3) is 6.87. The summed E-state index contributed by atoms with van der Waals surface area (Å²) in [6, 6.07) is 18.0. The molecule has 0 saturated carbocycles. The van der Waals surface area contributed by atoms with Gasteiger partial charge in [0.25, 0.3) is 0 Å². The van der Waals surface area contributed by atoms with E-state index in [1.165, 1.54) is 0 Å². The molecule has 1 fully saturated rings. The molecule has 1 saturated heterocycles. The van der Waals surface area contributed by atoms with Crippen LogP contribution < -0.4 is 20.3 Å². The van der Waals surface area contributed by atoms with Crippen LogP contribution in [0.2, 0.25) is 0 Å². The van der Waals surface area contributed by atoms with Crippen molar-refractivity contribution >= 4 is 46.4 Å². The Kier molecular flexibility index (Phi) is 10.4. The molecule has 1 aliphatic heterocycles. The zero-order valence-electron chi connectivity index (χ0n) is 17.5.